The van der Waals surface area contributed by atoms with E-state index in [4.69, 9.17) is 4.28 Å². The second kappa shape index (κ2) is 11.2. The molecule has 1 aliphatic rings. The van der Waals surface area contributed by atoms with Crippen LogP contribution in [0.2, 0.25) is 0 Å². The van der Waals surface area contributed by atoms with Crippen LogP contribution in [-0.2, 0) is 20.9 Å². The van der Waals surface area contributed by atoms with E-state index in [9.17, 15) is 13.2 Å². The SMILES string of the molecule is Cc1ccc(S(=O)(=O)O[N+]2(c3ccc(Cn4ccnc4)cc3)C(=O)N(C)c3cnc4ccc(-c5cnc6ccccc6c5)cc4c32)cc1. The van der Waals surface area contributed by atoms with E-state index < -0.39 is 20.8 Å². The topological polar surface area (TPSA) is 107 Å². The Morgan fingerprint density at radius 1 is 0.833 bits per heavy atom. The molecule has 7 aromatic rings. The van der Waals surface area contributed by atoms with E-state index >= 15 is 0 Å². The van der Waals surface area contributed by atoms with Crippen molar-refractivity contribution in [1.29, 1.82) is 0 Å². The molecule has 0 aliphatic carbocycles. The molecule has 1 unspecified atom stereocenters. The molecule has 2 amide bonds. The average Bonchev–Trinajstić information content (AvgIpc) is 3.69. The number of quaternary nitrogens is 1. The molecule has 1 atom stereocenters. The van der Waals surface area contributed by atoms with Crippen LogP contribution in [0.3, 0.4) is 0 Å². The summed E-state index contributed by atoms with van der Waals surface area (Å²) in [7, 11) is -2.89. The highest BCUT2D eigenvalue weighted by molar-refractivity contribution is 7.86. The van der Waals surface area contributed by atoms with Gasteiger partial charge in [-0.25, -0.2) is 9.78 Å². The van der Waals surface area contributed by atoms with Crippen molar-refractivity contribution in [1.82, 2.24) is 24.2 Å². The minimum Gasteiger partial charge on any atom is -0.333 e. The van der Waals surface area contributed by atoms with Crippen molar-refractivity contribution in [3.05, 3.63) is 139 Å². The first kappa shape index (κ1) is 29.6. The van der Waals surface area contributed by atoms with E-state index in [-0.39, 0.29) is 4.90 Å². The number of para-hydroxylation sites is 1. The number of pyridine rings is 2. The number of benzene rings is 4. The number of fused-ring (bicyclic) bond motifs is 4. The number of hydrogen-bond acceptors (Lipinski definition) is 7. The van der Waals surface area contributed by atoms with Gasteiger partial charge in [-0.1, -0.05) is 54.1 Å². The maximum Gasteiger partial charge on any atom is 0.468 e. The number of rotatable bonds is 7. The van der Waals surface area contributed by atoms with E-state index in [1.54, 1.807) is 56.2 Å². The molecule has 0 N–H and O–H groups in total. The molecular formula is C37H29N6O4S+. The third-order valence-electron chi connectivity index (χ3n) is 8.72. The van der Waals surface area contributed by atoms with Crippen LogP contribution in [0, 0.1) is 6.92 Å². The third kappa shape index (κ3) is 4.83. The quantitative estimate of drug-likeness (QED) is 0.164. The van der Waals surface area contributed by atoms with Crippen LogP contribution in [0.25, 0.3) is 32.9 Å². The van der Waals surface area contributed by atoms with Gasteiger partial charge in [-0.3, -0.25) is 14.9 Å². The minimum atomic E-state index is -4.49. The number of urea groups is 1. The lowest BCUT2D eigenvalue weighted by Gasteiger charge is -2.27. The molecule has 0 saturated heterocycles. The summed E-state index contributed by atoms with van der Waals surface area (Å²) in [5, 5.41) is 1.55. The number of hydroxylamine groups is 1. The van der Waals surface area contributed by atoms with Gasteiger partial charge in [-0.2, -0.15) is 8.42 Å². The van der Waals surface area contributed by atoms with E-state index in [0.29, 0.717) is 34.5 Å². The van der Waals surface area contributed by atoms with Gasteiger partial charge in [0.05, 0.1) is 33.8 Å². The Morgan fingerprint density at radius 3 is 2.38 bits per heavy atom. The van der Waals surface area contributed by atoms with Crippen LogP contribution in [0.4, 0.5) is 21.9 Å². The van der Waals surface area contributed by atoms with Crippen LogP contribution in [0.5, 0.6) is 0 Å². The average molecular weight is 654 g/mol. The summed E-state index contributed by atoms with van der Waals surface area (Å²) in [6.45, 7) is 2.41. The lowest BCUT2D eigenvalue weighted by Crippen LogP contribution is -2.51. The van der Waals surface area contributed by atoms with E-state index in [1.165, 1.54) is 17.0 Å². The molecule has 8 rings (SSSR count). The molecule has 3 aromatic heterocycles. The second-order valence-corrected chi connectivity index (χ2v) is 13.4. The van der Waals surface area contributed by atoms with E-state index in [1.807, 2.05) is 72.3 Å². The first-order valence-corrected chi connectivity index (χ1v) is 16.7. The predicted molar refractivity (Wildman–Crippen MR) is 185 cm³/mol. The summed E-state index contributed by atoms with van der Waals surface area (Å²) in [4.78, 5) is 29.4. The van der Waals surface area contributed by atoms with Gasteiger partial charge in [0.2, 0.25) is 5.69 Å². The van der Waals surface area contributed by atoms with Crippen LogP contribution in [0.1, 0.15) is 11.1 Å². The smallest absolute Gasteiger partial charge is 0.333 e. The largest absolute Gasteiger partial charge is 0.468 e. The standard InChI is InChI=1S/C37H29N6O4S/c1-25-7-14-31(15-8-25)48(45,46)47-43(30-12-9-26(10-13-30)23-42-18-17-38-24-42)36-32-20-27(29-19-28-5-3-4-6-33(28)39-21-29)11-16-34(32)40-22-35(36)41(2)37(43)44/h3-22,24H,23H2,1-2H3/q+1. The number of carbonyl (C=O) groups excluding carboxylic acids is 1. The van der Waals surface area contributed by atoms with Crippen LogP contribution >= 0.6 is 0 Å². The molecule has 0 bridgehead atoms. The highest BCUT2D eigenvalue weighted by Gasteiger charge is 2.60. The van der Waals surface area contributed by atoms with Gasteiger partial charge in [0.25, 0.3) is 0 Å². The summed E-state index contributed by atoms with van der Waals surface area (Å²) in [6, 6.07) is 28.6. The maximum absolute atomic E-state index is 14.6. The van der Waals surface area contributed by atoms with Crippen molar-refractivity contribution in [3.8, 4) is 11.1 Å². The van der Waals surface area contributed by atoms with Gasteiger partial charge in [-0.15, -0.1) is 0 Å². The normalized spacial score (nSPS) is 16.1. The summed E-state index contributed by atoms with van der Waals surface area (Å²) in [6.07, 6.45) is 8.67. The third-order valence-corrected chi connectivity index (χ3v) is 9.99. The van der Waals surface area contributed by atoms with Gasteiger partial charge in [0, 0.05) is 55.3 Å². The number of aromatic nitrogens is 4. The minimum absolute atomic E-state index is 0.0625. The highest BCUT2D eigenvalue weighted by atomic mass is 32.2. The van der Waals surface area contributed by atoms with Crippen molar-refractivity contribution >= 4 is 55.0 Å². The van der Waals surface area contributed by atoms with Crippen molar-refractivity contribution in [2.45, 2.75) is 18.4 Å². The summed E-state index contributed by atoms with van der Waals surface area (Å²) >= 11 is 0. The molecule has 10 nitrogen and oxygen atoms in total. The van der Waals surface area contributed by atoms with Crippen molar-refractivity contribution < 1.29 is 17.5 Å². The molecule has 48 heavy (non-hydrogen) atoms. The van der Waals surface area contributed by atoms with Crippen LogP contribution in [-0.4, -0.2) is 41.0 Å². The zero-order chi connectivity index (χ0) is 33.0. The monoisotopic (exact) mass is 653 g/mol. The van der Waals surface area contributed by atoms with Gasteiger partial charge < -0.3 is 4.57 Å². The number of aryl methyl sites for hydroxylation is 1. The van der Waals surface area contributed by atoms with Crippen LogP contribution < -0.4 is 9.55 Å². The molecule has 4 aromatic carbocycles. The van der Waals surface area contributed by atoms with Gasteiger partial charge in [-0.05, 0) is 63.4 Å². The molecule has 11 heteroatoms. The molecule has 0 fully saturated rings. The molecule has 0 spiro atoms. The van der Waals surface area contributed by atoms with E-state index in [2.05, 4.69) is 21.0 Å². The summed E-state index contributed by atoms with van der Waals surface area (Å²) in [5.74, 6) is 0. The Bertz CT molecular complexity index is 2470. The van der Waals surface area contributed by atoms with Gasteiger partial charge >= 0.3 is 16.1 Å². The Labute approximate surface area is 276 Å². The predicted octanol–water partition coefficient (Wildman–Crippen LogP) is 7.53. The van der Waals surface area contributed by atoms with Gasteiger partial charge in [0.15, 0.2) is 5.69 Å². The van der Waals surface area contributed by atoms with E-state index in [0.717, 1.165) is 33.2 Å². The highest BCUT2D eigenvalue weighted by Crippen LogP contribution is 2.53. The number of imidazole rings is 1. The van der Waals surface area contributed by atoms with Crippen molar-refractivity contribution in [3.63, 3.8) is 0 Å². The number of amides is 2. The lowest BCUT2D eigenvalue weighted by molar-refractivity contribution is 0.0639. The zero-order valence-corrected chi connectivity index (χ0v) is 26.9. The molecular weight excluding hydrogens is 625 g/mol. The fourth-order valence-corrected chi connectivity index (χ4v) is 7.29. The first-order chi connectivity index (χ1) is 23.2. The lowest BCUT2D eigenvalue weighted by atomic mass is 10.0. The second-order valence-electron chi connectivity index (χ2n) is 11.8. The Morgan fingerprint density at radius 2 is 1.60 bits per heavy atom. The Kier molecular flexibility index (Phi) is 6.91. The summed E-state index contributed by atoms with van der Waals surface area (Å²) < 4.78 is 35.3. The molecule has 0 radical (unpaired) electrons. The number of anilines is 1. The number of hydrogen-bond donors (Lipinski definition) is 0. The first-order valence-electron chi connectivity index (χ1n) is 15.3. The molecule has 236 valence electrons. The number of carbonyl (C=O) groups is 1. The molecule has 0 saturated carbocycles. The number of nitrogens with zero attached hydrogens (tertiary/aromatic N) is 6. The zero-order valence-electron chi connectivity index (χ0n) is 26.1. The van der Waals surface area contributed by atoms with Crippen LogP contribution in [0.15, 0.2) is 133 Å². The summed E-state index contributed by atoms with van der Waals surface area (Å²) in [5.41, 5.74) is 6.06. The van der Waals surface area contributed by atoms with Gasteiger partial charge in [0.1, 0.15) is 5.69 Å². The molecule has 1 aliphatic heterocycles. The maximum atomic E-state index is 14.6. The Balaban J connectivity index is 1.35. The van der Waals surface area contributed by atoms with Crippen molar-refractivity contribution in [2.24, 2.45) is 0 Å². The molecule has 4 heterocycles. The fraction of sp³-hybridized carbons (Fsp3) is 0.0811. The Hall–Kier alpha value is -5.75. The van der Waals surface area contributed by atoms with Crippen molar-refractivity contribution in [2.75, 3.05) is 11.9 Å². The fourth-order valence-electron chi connectivity index (χ4n) is 6.21.